The van der Waals surface area contributed by atoms with Gasteiger partial charge in [-0.15, -0.1) is 0 Å². The van der Waals surface area contributed by atoms with E-state index in [0.717, 1.165) is 25.0 Å². The molecule has 0 bridgehead atoms. The van der Waals surface area contributed by atoms with E-state index in [9.17, 15) is 18.4 Å². The summed E-state index contributed by atoms with van der Waals surface area (Å²) in [6.07, 6.45) is 6.21. The molecule has 0 atom stereocenters. The minimum Gasteiger partial charge on any atom is -0.348 e. The predicted molar refractivity (Wildman–Crippen MR) is 102 cm³/mol. The fourth-order valence-corrected chi connectivity index (χ4v) is 2.73. The van der Waals surface area contributed by atoms with Crippen LogP contribution >= 0.6 is 0 Å². The molecule has 4 rings (SSSR count). The second-order valence-electron chi connectivity index (χ2n) is 6.72. The SMILES string of the molecule is O=C(Nc1cncc(-c2ccc(F)c(F)c2)c1)c1ccnc(C(=O)NC2CC2)c1. The Morgan fingerprint density at radius 2 is 1.76 bits per heavy atom. The van der Waals surface area contributed by atoms with Crippen LogP contribution in [0.5, 0.6) is 0 Å². The Labute approximate surface area is 165 Å². The molecule has 1 aliphatic carbocycles. The third kappa shape index (κ3) is 4.43. The van der Waals surface area contributed by atoms with Crippen molar-refractivity contribution in [1.29, 1.82) is 0 Å². The molecule has 0 spiro atoms. The van der Waals surface area contributed by atoms with E-state index in [4.69, 9.17) is 0 Å². The monoisotopic (exact) mass is 394 g/mol. The molecule has 1 aromatic carbocycles. The number of amides is 2. The zero-order chi connectivity index (χ0) is 20.4. The number of anilines is 1. The van der Waals surface area contributed by atoms with Crippen molar-refractivity contribution in [3.8, 4) is 11.1 Å². The molecule has 0 aliphatic heterocycles. The topological polar surface area (TPSA) is 84.0 Å². The summed E-state index contributed by atoms with van der Waals surface area (Å²) in [7, 11) is 0. The van der Waals surface area contributed by atoms with Gasteiger partial charge in [-0.25, -0.2) is 8.78 Å². The van der Waals surface area contributed by atoms with Gasteiger partial charge in [0.2, 0.25) is 0 Å². The fourth-order valence-electron chi connectivity index (χ4n) is 2.73. The summed E-state index contributed by atoms with van der Waals surface area (Å²) in [5.74, 6) is -2.67. The van der Waals surface area contributed by atoms with Crippen molar-refractivity contribution in [3.05, 3.63) is 77.9 Å². The molecule has 8 heteroatoms. The summed E-state index contributed by atoms with van der Waals surface area (Å²) in [5, 5.41) is 5.50. The smallest absolute Gasteiger partial charge is 0.270 e. The first-order valence-corrected chi connectivity index (χ1v) is 8.98. The predicted octanol–water partition coefficient (Wildman–Crippen LogP) is 3.57. The van der Waals surface area contributed by atoms with Crippen LogP contribution in [0.1, 0.15) is 33.7 Å². The minimum atomic E-state index is -0.967. The lowest BCUT2D eigenvalue weighted by molar-refractivity contribution is 0.0946. The minimum absolute atomic E-state index is 0.165. The first kappa shape index (κ1) is 18.7. The lowest BCUT2D eigenvalue weighted by Crippen LogP contribution is -2.26. The third-order valence-corrected chi connectivity index (χ3v) is 4.42. The molecule has 2 heterocycles. The standard InChI is InChI=1S/C21H16F2N4O2/c22-17-4-1-12(8-18(17)23)14-7-16(11-24-10-14)27-20(28)13-5-6-25-19(9-13)21(29)26-15-2-3-15/h1,4-11,15H,2-3H2,(H,26,29)(H,27,28). The largest absolute Gasteiger partial charge is 0.348 e. The number of benzene rings is 1. The van der Waals surface area contributed by atoms with Crippen LogP contribution < -0.4 is 10.6 Å². The van der Waals surface area contributed by atoms with Crippen molar-refractivity contribution < 1.29 is 18.4 Å². The van der Waals surface area contributed by atoms with Crippen LogP contribution in [0, 0.1) is 11.6 Å². The Kier molecular flexibility index (Phi) is 4.99. The number of nitrogens with one attached hydrogen (secondary N) is 2. The highest BCUT2D eigenvalue weighted by Crippen LogP contribution is 2.24. The Bertz CT molecular complexity index is 1100. The van der Waals surface area contributed by atoms with E-state index >= 15 is 0 Å². The van der Waals surface area contributed by atoms with Gasteiger partial charge >= 0.3 is 0 Å². The number of hydrogen-bond donors (Lipinski definition) is 2. The average molecular weight is 394 g/mol. The van der Waals surface area contributed by atoms with Crippen LogP contribution in [0.4, 0.5) is 14.5 Å². The summed E-state index contributed by atoms with van der Waals surface area (Å²) in [4.78, 5) is 32.7. The maximum atomic E-state index is 13.5. The van der Waals surface area contributed by atoms with E-state index in [0.29, 0.717) is 16.8 Å². The lowest BCUT2D eigenvalue weighted by atomic mass is 10.1. The van der Waals surface area contributed by atoms with Crippen LogP contribution in [-0.2, 0) is 0 Å². The summed E-state index contributed by atoms with van der Waals surface area (Å²) in [5.41, 5.74) is 1.74. The molecule has 2 aromatic heterocycles. The highest BCUT2D eigenvalue weighted by Gasteiger charge is 2.24. The zero-order valence-corrected chi connectivity index (χ0v) is 15.2. The van der Waals surface area contributed by atoms with Crippen LogP contribution in [0.15, 0.2) is 55.0 Å². The zero-order valence-electron chi connectivity index (χ0n) is 15.2. The van der Waals surface area contributed by atoms with Crippen LogP contribution in [0.3, 0.4) is 0 Å². The number of pyridine rings is 2. The molecule has 2 amide bonds. The molecule has 6 nitrogen and oxygen atoms in total. The Hall–Kier alpha value is -3.68. The van der Waals surface area contributed by atoms with Crippen molar-refractivity contribution in [2.75, 3.05) is 5.32 Å². The van der Waals surface area contributed by atoms with Crippen molar-refractivity contribution >= 4 is 17.5 Å². The summed E-state index contributed by atoms with van der Waals surface area (Å²) in [6.45, 7) is 0. The second kappa shape index (κ2) is 7.75. The molecule has 146 valence electrons. The molecular formula is C21H16F2N4O2. The van der Waals surface area contributed by atoms with Crippen molar-refractivity contribution in [2.45, 2.75) is 18.9 Å². The molecule has 0 radical (unpaired) electrons. The highest BCUT2D eigenvalue weighted by molar-refractivity contribution is 6.05. The van der Waals surface area contributed by atoms with Crippen LogP contribution in [0.2, 0.25) is 0 Å². The average Bonchev–Trinajstić information content (AvgIpc) is 3.54. The van der Waals surface area contributed by atoms with Crippen molar-refractivity contribution in [2.24, 2.45) is 0 Å². The van der Waals surface area contributed by atoms with Gasteiger partial charge in [-0.05, 0) is 48.7 Å². The number of aromatic nitrogens is 2. The highest BCUT2D eigenvalue weighted by atomic mass is 19.2. The molecule has 1 aliphatic rings. The summed E-state index contributed by atoms with van der Waals surface area (Å²) in [6, 6.07) is 8.21. The molecule has 1 fully saturated rings. The van der Waals surface area contributed by atoms with Crippen LogP contribution in [0.25, 0.3) is 11.1 Å². The van der Waals surface area contributed by atoms with Gasteiger partial charge in [-0.2, -0.15) is 0 Å². The van der Waals surface area contributed by atoms with Gasteiger partial charge in [0.15, 0.2) is 11.6 Å². The number of carbonyl (C=O) groups is 2. The lowest BCUT2D eigenvalue weighted by Gasteiger charge is -2.09. The van der Waals surface area contributed by atoms with Gasteiger partial charge in [0.1, 0.15) is 5.69 Å². The van der Waals surface area contributed by atoms with Crippen molar-refractivity contribution in [3.63, 3.8) is 0 Å². The van der Waals surface area contributed by atoms with Crippen LogP contribution in [-0.4, -0.2) is 27.8 Å². The van der Waals surface area contributed by atoms with Gasteiger partial charge in [0.05, 0.1) is 11.9 Å². The Morgan fingerprint density at radius 1 is 0.931 bits per heavy atom. The van der Waals surface area contributed by atoms with Gasteiger partial charge in [0.25, 0.3) is 11.8 Å². The quantitative estimate of drug-likeness (QED) is 0.693. The van der Waals surface area contributed by atoms with Gasteiger partial charge in [-0.3, -0.25) is 19.6 Å². The molecule has 0 unspecified atom stereocenters. The number of carbonyl (C=O) groups excluding carboxylic acids is 2. The fraction of sp³-hybridized carbons (Fsp3) is 0.143. The van der Waals surface area contributed by atoms with E-state index in [2.05, 4.69) is 20.6 Å². The maximum absolute atomic E-state index is 13.5. The molecule has 0 saturated heterocycles. The first-order chi connectivity index (χ1) is 14.0. The third-order valence-electron chi connectivity index (χ3n) is 4.42. The number of hydrogen-bond acceptors (Lipinski definition) is 4. The first-order valence-electron chi connectivity index (χ1n) is 8.98. The molecule has 1 saturated carbocycles. The number of nitrogens with zero attached hydrogens (tertiary/aromatic N) is 2. The van der Waals surface area contributed by atoms with E-state index in [-0.39, 0.29) is 23.2 Å². The molecular weight excluding hydrogens is 378 g/mol. The molecule has 2 N–H and O–H groups in total. The number of halogens is 2. The number of rotatable bonds is 5. The normalized spacial score (nSPS) is 13.0. The van der Waals surface area contributed by atoms with E-state index in [1.54, 1.807) is 6.07 Å². The van der Waals surface area contributed by atoms with E-state index in [1.807, 2.05) is 0 Å². The van der Waals surface area contributed by atoms with Gasteiger partial charge < -0.3 is 10.6 Å². The molecule has 3 aromatic rings. The second-order valence-corrected chi connectivity index (χ2v) is 6.72. The Balaban J connectivity index is 1.51. The maximum Gasteiger partial charge on any atom is 0.270 e. The summed E-state index contributed by atoms with van der Waals surface area (Å²) >= 11 is 0. The summed E-state index contributed by atoms with van der Waals surface area (Å²) < 4.78 is 26.6. The Morgan fingerprint density at radius 3 is 2.52 bits per heavy atom. The molecule has 29 heavy (non-hydrogen) atoms. The van der Waals surface area contributed by atoms with Gasteiger partial charge in [0, 0.05) is 29.6 Å². The van der Waals surface area contributed by atoms with Crippen molar-refractivity contribution in [1.82, 2.24) is 15.3 Å². The van der Waals surface area contributed by atoms with Gasteiger partial charge in [-0.1, -0.05) is 6.07 Å². The van der Waals surface area contributed by atoms with E-state index < -0.39 is 17.5 Å². The van der Waals surface area contributed by atoms with E-state index in [1.165, 1.54) is 36.8 Å².